The molecule has 2 heterocycles. The van der Waals surface area contributed by atoms with Crippen LogP contribution in [0.5, 0.6) is 0 Å². The van der Waals surface area contributed by atoms with Crippen molar-refractivity contribution in [1.82, 2.24) is 14.9 Å². The minimum Gasteiger partial charge on any atom is -0.328 e. The first-order valence-electron chi connectivity index (χ1n) is 6.94. The van der Waals surface area contributed by atoms with Crippen molar-refractivity contribution in [1.29, 1.82) is 0 Å². The number of para-hydroxylation sites is 2. The topological polar surface area (TPSA) is 46.9 Å². The number of carbonyl (C=O) groups excluding carboxylic acids is 1. The Hall–Kier alpha value is -1.68. The van der Waals surface area contributed by atoms with Gasteiger partial charge in [0.25, 0.3) is 0 Å². The molecule has 1 aromatic heterocycles. The monoisotopic (exact) mass is 257 g/mol. The Morgan fingerprint density at radius 3 is 2.89 bits per heavy atom. The summed E-state index contributed by atoms with van der Waals surface area (Å²) >= 11 is 0. The number of rotatable bonds is 5. The highest BCUT2D eigenvalue weighted by Crippen LogP contribution is 2.18. The lowest BCUT2D eigenvalue weighted by Crippen LogP contribution is -2.43. The molecule has 1 fully saturated rings. The number of fused-ring (bicyclic) bond motifs is 1. The third kappa shape index (κ3) is 2.40. The van der Waals surface area contributed by atoms with E-state index in [4.69, 9.17) is 0 Å². The van der Waals surface area contributed by atoms with E-state index in [1.54, 1.807) is 0 Å². The quantitative estimate of drug-likeness (QED) is 0.888. The molecule has 2 aromatic rings. The molecular weight excluding hydrogens is 238 g/mol. The fourth-order valence-corrected chi connectivity index (χ4v) is 2.68. The summed E-state index contributed by atoms with van der Waals surface area (Å²) in [5, 5.41) is 3.20. The van der Waals surface area contributed by atoms with Crippen molar-refractivity contribution in [3.8, 4) is 0 Å². The van der Waals surface area contributed by atoms with Crippen molar-refractivity contribution in [2.24, 2.45) is 5.92 Å². The van der Waals surface area contributed by atoms with Gasteiger partial charge in [0.1, 0.15) is 11.6 Å². The van der Waals surface area contributed by atoms with Gasteiger partial charge in [0, 0.05) is 13.0 Å². The smallest absolute Gasteiger partial charge is 0.140 e. The Morgan fingerprint density at radius 1 is 1.42 bits per heavy atom. The normalized spacial score (nSPS) is 15.6. The second-order valence-corrected chi connectivity index (χ2v) is 5.20. The lowest BCUT2D eigenvalue weighted by molar-refractivity contribution is -0.119. The van der Waals surface area contributed by atoms with E-state index >= 15 is 0 Å². The molecule has 0 radical (unpaired) electrons. The van der Waals surface area contributed by atoms with E-state index in [1.807, 2.05) is 18.2 Å². The Bertz CT molecular complexity index is 598. The molecule has 1 aliphatic heterocycles. The van der Waals surface area contributed by atoms with Gasteiger partial charge in [-0.1, -0.05) is 12.1 Å². The molecule has 1 aromatic carbocycles. The number of Topliss-reactive ketones (excluding diaryl/α,β-unsaturated/α-hetero) is 1. The van der Waals surface area contributed by atoms with E-state index in [0.717, 1.165) is 36.5 Å². The van der Waals surface area contributed by atoms with E-state index in [0.29, 0.717) is 24.5 Å². The summed E-state index contributed by atoms with van der Waals surface area (Å²) in [4.78, 5) is 16.7. The number of aryl methyl sites for hydroxylation is 1. The highest BCUT2D eigenvalue weighted by molar-refractivity contribution is 5.82. The molecule has 0 aliphatic carbocycles. The van der Waals surface area contributed by atoms with E-state index in [2.05, 4.69) is 27.9 Å². The average molecular weight is 257 g/mol. The molecule has 19 heavy (non-hydrogen) atoms. The zero-order chi connectivity index (χ0) is 13.2. The van der Waals surface area contributed by atoms with Crippen molar-refractivity contribution in [2.45, 2.75) is 26.3 Å². The zero-order valence-electron chi connectivity index (χ0n) is 11.2. The predicted molar refractivity (Wildman–Crippen MR) is 75.1 cm³/mol. The molecule has 3 rings (SSSR count). The summed E-state index contributed by atoms with van der Waals surface area (Å²) in [6.45, 7) is 4.91. The lowest BCUT2D eigenvalue weighted by atomic mass is 9.95. The molecule has 0 saturated carbocycles. The fraction of sp³-hybridized carbons (Fsp3) is 0.467. The summed E-state index contributed by atoms with van der Waals surface area (Å²) in [5.74, 6) is 1.74. The van der Waals surface area contributed by atoms with Gasteiger partial charge in [0.2, 0.25) is 0 Å². The van der Waals surface area contributed by atoms with Gasteiger partial charge in [-0.25, -0.2) is 4.98 Å². The van der Waals surface area contributed by atoms with Gasteiger partial charge >= 0.3 is 0 Å². The number of imidazole rings is 1. The van der Waals surface area contributed by atoms with Crippen LogP contribution in [0.4, 0.5) is 0 Å². The highest BCUT2D eigenvalue weighted by atomic mass is 16.1. The number of hydrogen-bond acceptors (Lipinski definition) is 3. The van der Waals surface area contributed by atoms with Crippen LogP contribution in [-0.2, 0) is 17.8 Å². The maximum atomic E-state index is 12.1. The van der Waals surface area contributed by atoms with Gasteiger partial charge in [-0.05, 0) is 38.1 Å². The molecule has 0 spiro atoms. The molecule has 0 atom stereocenters. The van der Waals surface area contributed by atoms with Crippen LogP contribution < -0.4 is 5.32 Å². The first-order chi connectivity index (χ1) is 9.28. The summed E-state index contributed by atoms with van der Waals surface area (Å²) in [6, 6.07) is 8.07. The molecule has 0 amide bonds. The molecule has 1 N–H and O–H groups in total. The molecular formula is C15H19N3O. The van der Waals surface area contributed by atoms with E-state index in [9.17, 15) is 4.79 Å². The van der Waals surface area contributed by atoms with Gasteiger partial charge in [-0.3, -0.25) is 4.79 Å². The van der Waals surface area contributed by atoms with Crippen LogP contribution in [0.25, 0.3) is 11.0 Å². The van der Waals surface area contributed by atoms with Crippen molar-refractivity contribution in [2.75, 3.05) is 13.1 Å². The maximum absolute atomic E-state index is 12.1. The number of nitrogens with one attached hydrogen (secondary N) is 1. The Labute approximate surface area is 112 Å². The average Bonchev–Trinajstić information content (AvgIpc) is 2.71. The van der Waals surface area contributed by atoms with E-state index < -0.39 is 0 Å². The molecule has 1 saturated heterocycles. The van der Waals surface area contributed by atoms with Crippen molar-refractivity contribution >= 4 is 16.8 Å². The van der Waals surface area contributed by atoms with E-state index in [-0.39, 0.29) is 0 Å². The lowest BCUT2D eigenvalue weighted by Gasteiger charge is -2.26. The predicted octanol–water partition coefficient (Wildman–Crippen LogP) is 1.78. The standard InChI is InChI=1S/C15H19N3O/c1-2-18-14-6-4-3-5-13(14)17-15(18)8-12(19)7-11-9-16-10-11/h3-6,11,16H,2,7-10H2,1H3. The Kier molecular flexibility index (Phi) is 3.34. The van der Waals surface area contributed by atoms with Crippen molar-refractivity contribution in [3.63, 3.8) is 0 Å². The second-order valence-electron chi connectivity index (χ2n) is 5.20. The van der Waals surface area contributed by atoms with Gasteiger partial charge in [0.05, 0.1) is 17.5 Å². The number of nitrogens with zero attached hydrogens (tertiary/aromatic N) is 2. The third-order valence-corrected chi connectivity index (χ3v) is 3.79. The van der Waals surface area contributed by atoms with Crippen LogP contribution in [0.3, 0.4) is 0 Å². The number of benzene rings is 1. The minimum absolute atomic E-state index is 0.302. The van der Waals surface area contributed by atoms with Crippen LogP contribution in [-0.4, -0.2) is 28.4 Å². The molecule has 1 aliphatic rings. The van der Waals surface area contributed by atoms with Crippen LogP contribution in [0.1, 0.15) is 19.2 Å². The number of ketones is 1. The molecule has 4 nitrogen and oxygen atoms in total. The van der Waals surface area contributed by atoms with Gasteiger partial charge in [-0.15, -0.1) is 0 Å². The van der Waals surface area contributed by atoms with Gasteiger partial charge < -0.3 is 9.88 Å². The summed E-state index contributed by atoms with van der Waals surface area (Å²) in [6.07, 6.45) is 1.14. The van der Waals surface area contributed by atoms with Crippen LogP contribution in [0.15, 0.2) is 24.3 Å². The number of hydrogen-bond donors (Lipinski definition) is 1. The maximum Gasteiger partial charge on any atom is 0.140 e. The Balaban J connectivity index is 1.81. The minimum atomic E-state index is 0.302. The van der Waals surface area contributed by atoms with Crippen molar-refractivity contribution < 1.29 is 4.79 Å². The van der Waals surface area contributed by atoms with Crippen molar-refractivity contribution in [3.05, 3.63) is 30.1 Å². The van der Waals surface area contributed by atoms with E-state index in [1.165, 1.54) is 0 Å². The van der Waals surface area contributed by atoms with Crippen LogP contribution >= 0.6 is 0 Å². The molecule has 4 heteroatoms. The van der Waals surface area contributed by atoms with Gasteiger partial charge in [0.15, 0.2) is 0 Å². The second kappa shape index (κ2) is 5.13. The third-order valence-electron chi connectivity index (χ3n) is 3.79. The summed E-state index contributed by atoms with van der Waals surface area (Å²) < 4.78 is 2.15. The molecule has 0 unspecified atom stereocenters. The largest absolute Gasteiger partial charge is 0.328 e. The Morgan fingerprint density at radius 2 is 2.21 bits per heavy atom. The summed E-state index contributed by atoms with van der Waals surface area (Å²) in [7, 11) is 0. The van der Waals surface area contributed by atoms with Gasteiger partial charge in [-0.2, -0.15) is 0 Å². The first kappa shape index (κ1) is 12.4. The SMILES string of the molecule is CCn1c(CC(=O)CC2CNC2)nc2ccccc21. The number of aromatic nitrogens is 2. The first-order valence-corrected chi connectivity index (χ1v) is 6.94. The summed E-state index contributed by atoms with van der Waals surface area (Å²) in [5.41, 5.74) is 2.11. The fourth-order valence-electron chi connectivity index (χ4n) is 2.68. The zero-order valence-corrected chi connectivity index (χ0v) is 11.2. The molecule has 0 bridgehead atoms. The van der Waals surface area contributed by atoms with Crippen LogP contribution in [0, 0.1) is 5.92 Å². The number of carbonyl (C=O) groups is 1. The highest BCUT2D eigenvalue weighted by Gasteiger charge is 2.21. The molecule has 100 valence electrons. The van der Waals surface area contributed by atoms with Crippen LogP contribution in [0.2, 0.25) is 0 Å².